The number of furan rings is 1. The van der Waals surface area contributed by atoms with Gasteiger partial charge in [-0.2, -0.15) is 5.26 Å². The van der Waals surface area contributed by atoms with Crippen molar-refractivity contribution < 1.29 is 9.21 Å². The van der Waals surface area contributed by atoms with E-state index in [1.165, 1.54) is 0 Å². The standard InChI is InChI=1S/C19H16ClN3O2/c1-12(14-6-5-7-15(20)10-14)22-18(24)17-13(2)25-19(16(17)11-21)23-8-3-4-9-23/h3-10,12H,1-2H3,(H,22,24)/t12-/m1/s1. The van der Waals surface area contributed by atoms with Crippen molar-refractivity contribution >= 4 is 17.5 Å². The van der Waals surface area contributed by atoms with Gasteiger partial charge in [0.25, 0.3) is 5.91 Å². The maximum Gasteiger partial charge on any atom is 0.256 e. The summed E-state index contributed by atoms with van der Waals surface area (Å²) in [6.07, 6.45) is 3.52. The molecule has 126 valence electrons. The Morgan fingerprint density at radius 2 is 2.04 bits per heavy atom. The molecule has 0 fully saturated rings. The summed E-state index contributed by atoms with van der Waals surface area (Å²) in [5.74, 6) is 0.380. The van der Waals surface area contributed by atoms with Gasteiger partial charge in [0, 0.05) is 17.4 Å². The zero-order chi connectivity index (χ0) is 18.0. The van der Waals surface area contributed by atoms with Crippen molar-refractivity contribution in [3.63, 3.8) is 0 Å². The lowest BCUT2D eigenvalue weighted by Gasteiger charge is -2.14. The third kappa shape index (κ3) is 3.30. The number of rotatable bonds is 4. The highest BCUT2D eigenvalue weighted by Gasteiger charge is 2.25. The van der Waals surface area contributed by atoms with E-state index in [0.717, 1.165) is 5.56 Å². The summed E-state index contributed by atoms with van der Waals surface area (Å²) in [6.45, 7) is 3.53. The fourth-order valence-electron chi connectivity index (χ4n) is 2.69. The van der Waals surface area contributed by atoms with Crippen LogP contribution < -0.4 is 5.32 Å². The summed E-state index contributed by atoms with van der Waals surface area (Å²) in [5, 5.41) is 13.0. The van der Waals surface area contributed by atoms with Crippen molar-refractivity contribution in [2.45, 2.75) is 19.9 Å². The second-order valence-corrected chi connectivity index (χ2v) is 6.10. The molecule has 0 saturated carbocycles. The minimum absolute atomic E-state index is 0.212. The summed E-state index contributed by atoms with van der Waals surface area (Å²) >= 11 is 6.00. The molecule has 1 amide bonds. The molecule has 2 aromatic heterocycles. The summed E-state index contributed by atoms with van der Waals surface area (Å²) in [5.41, 5.74) is 1.34. The summed E-state index contributed by atoms with van der Waals surface area (Å²) in [4.78, 5) is 12.7. The number of aromatic nitrogens is 1. The van der Waals surface area contributed by atoms with Crippen molar-refractivity contribution in [1.29, 1.82) is 5.26 Å². The Kier molecular flexibility index (Phi) is 4.64. The van der Waals surface area contributed by atoms with Crippen molar-refractivity contribution in [2.24, 2.45) is 0 Å². The molecule has 0 aliphatic carbocycles. The molecule has 3 aromatic rings. The third-order valence-corrected chi connectivity index (χ3v) is 4.17. The Labute approximate surface area is 150 Å². The van der Waals surface area contributed by atoms with Gasteiger partial charge >= 0.3 is 0 Å². The molecule has 0 radical (unpaired) electrons. The maximum absolute atomic E-state index is 12.7. The molecule has 0 saturated heterocycles. The second-order valence-electron chi connectivity index (χ2n) is 5.67. The van der Waals surface area contributed by atoms with E-state index < -0.39 is 0 Å². The van der Waals surface area contributed by atoms with E-state index in [1.54, 1.807) is 36.0 Å². The molecule has 2 heterocycles. The molecule has 1 atom stereocenters. The number of aryl methyl sites for hydroxylation is 1. The van der Waals surface area contributed by atoms with Gasteiger partial charge in [-0.05, 0) is 43.7 Å². The number of halogens is 1. The molecule has 25 heavy (non-hydrogen) atoms. The number of benzene rings is 1. The van der Waals surface area contributed by atoms with E-state index >= 15 is 0 Å². The molecule has 5 nitrogen and oxygen atoms in total. The van der Waals surface area contributed by atoms with Crippen LogP contribution >= 0.6 is 11.6 Å². The zero-order valence-corrected chi connectivity index (χ0v) is 14.5. The predicted molar refractivity (Wildman–Crippen MR) is 94.8 cm³/mol. The highest BCUT2D eigenvalue weighted by Crippen LogP contribution is 2.26. The molecular weight excluding hydrogens is 338 g/mol. The summed E-state index contributed by atoms with van der Waals surface area (Å²) in [7, 11) is 0. The molecule has 1 N–H and O–H groups in total. The molecular formula is C19H16ClN3O2. The normalized spacial score (nSPS) is 11.8. The van der Waals surface area contributed by atoms with Gasteiger partial charge in [-0.1, -0.05) is 23.7 Å². The fourth-order valence-corrected chi connectivity index (χ4v) is 2.89. The lowest BCUT2D eigenvalue weighted by atomic mass is 10.1. The largest absolute Gasteiger partial charge is 0.443 e. The smallest absolute Gasteiger partial charge is 0.256 e. The molecule has 3 rings (SSSR count). The molecule has 6 heteroatoms. The van der Waals surface area contributed by atoms with Crippen LogP contribution in [0.25, 0.3) is 5.88 Å². The van der Waals surface area contributed by atoms with Gasteiger partial charge in [-0.15, -0.1) is 0 Å². The molecule has 0 bridgehead atoms. The number of hydrogen-bond donors (Lipinski definition) is 1. The first-order valence-electron chi connectivity index (χ1n) is 7.74. The molecule has 0 spiro atoms. The van der Waals surface area contributed by atoms with E-state index in [9.17, 15) is 10.1 Å². The number of nitriles is 1. The number of hydrogen-bond acceptors (Lipinski definition) is 3. The van der Waals surface area contributed by atoms with Crippen LogP contribution in [0.2, 0.25) is 5.02 Å². The fraction of sp³-hybridized carbons (Fsp3) is 0.158. The van der Waals surface area contributed by atoms with Gasteiger partial charge in [0.1, 0.15) is 23.0 Å². The first kappa shape index (κ1) is 16.9. The number of nitrogens with zero attached hydrogens (tertiary/aromatic N) is 2. The quantitative estimate of drug-likeness (QED) is 0.755. The summed E-state index contributed by atoms with van der Waals surface area (Å²) < 4.78 is 7.34. The van der Waals surface area contributed by atoms with Crippen molar-refractivity contribution in [2.75, 3.05) is 0 Å². The average Bonchev–Trinajstić information content (AvgIpc) is 3.21. The van der Waals surface area contributed by atoms with Crippen LogP contribution in [-0.2, 0) is 0 Å². The van der Waals surface area contributed by atoms with E-state index in [2.05, 4.69) is 11.4 Å². The third-order valence-electron chi connectivity index (χ3n) is 3.94. The average molecular weight is 354 g/mol. The molecule has 0 aliphatic heterocycles. The maximum atomic E-state index is 12.7. The lowest BCUT2D eigenvalue weighted by Crippen LogP contribution is -2.27. The molecule has 0 aliphatic rings. The van der Waals surface area contributed by atoms with E-state index in [1.807, 2.05) is 31.2 Å². The minimum Gasteiger partial charge on any atom is -0.443 e. The minimum atomic E-state index is -0.358. The van der Waals surface area contributed by atoms with Crippen molar-refractivity contribution in [3.05, 3.63) is 76.3 Å². The van der Waals surface area contributed by atoms with Crippen LogP contribution in [0.5, 0.6) is 0 Å². The van der Waals surface area contributed by atoms with Gasteiger partial charge in [-0.25, -0.2) is 0 Å². The van der Waals surface area contributed by atoms with E-state index in [4.69, 9.17) is 16.0 Å². The number of nitrogens with one attached hydrogen (secondary N) is 1. The van der Waals surface area contributed by atoms with Gasteiger partial charge in [-0.3, -0.25) is 9.36 Å². The Balaban J connectivity index is 1.91. The van der Waals surface area contributed by atoms with Crippen LogP contribution in [0.15, 0.2) is 53.2 Å². The first-order chi connectivity index (χ1) is 12.0. The monoisotopic (exact) mass is 353 g/mol. The second kappa shape index (κ2) is 6.88. The van der Waals surface area contributed by atoms with Crippen LogP contribution in [0.1, 0.15) is 40.2 Å². The van der Waals surface area contributed by atoms with Crippen LogP contribution in [-0.4, -0.2) is 10.5 Å². The highest BCUT2D eigenvalue weighted by molar-refractivity contribution is 6.30. The topological polar surface area (TPSA) is 71.0 Å². The van der Waals surface area contributed by atoms with E-state index in [-0.39, 0.29) is 23.1 Å². The van der Waals surface area contributed by atoms with E-state index in [0.29, 0.717) is 16.7 Å². The van der Waals surface area contributed by atoms with Gasteiger partial charge in [0.05, 0.1) is 6.04 Å². The van der Waals surface area contributed by atoms with Crippen LogP contribution in [0.4, 0.5) is 0 Å². The van der Waals surface area contributed by atoms with Crippen molar-refractivity contribution in [3.8, 4) is 12.0 Å². The number of carbonyl (C=O) groups excluding carboxylic acids is 1. The Morgan fingerprint density at radius 3 is 2.68 bits per heavy atom. The van der Waals surface area contributed by atoms with Crippen molar-refractivity contribution in [1.82, 2.24) is 9.88 Å². The Morgan fingerprint density at radius 1 is 1.32 bits per heavy atom. The lowest BCUT2D eigenvalue weighted by molar-refractivity contribution is 0.0938. The van der Waals surface area contributed by atoms with Crippen LogP contribution in [0, 0.1) is 18.3 Å². The first-order valence-corrected chi connectivity index (χ1v) is 8.12. The Hall–Kier alpha value is -2.97. The van der Waals surface area contributed by atoms with Gasteiger partial charge in [0.2, 0.25) is 5.88 Å². The molecule has 1 aromatic carbocycles. The zero-order valence-electron chi connectivity index (χ0n) is 13.8. The number of carbonyl (C=O) groups is 1. The number of amides is 1. The summed E-state index contributed by atoms with van der Waals surface area (Å²) in [6, 6.07) is 12.7. The Bertz CT molecular complexity index is 952. The van der Waals surface area contributed by atoms with Crippen LogP contribution in [0.3, 0.4) is 0 Å². The predicted octanol–water partition coefficient (Wildman–Crippen LogP) is 4.39. The highest BCUT2D eigenvalue weighted by atomic mass is 35.5. The van der Waals surface area contributed by atoms with Gasteiger partial charge < -0.3 is 9.73 Å². The molecule has 0 unspecified atom stereocenters. The van der Waals surface area contributed by atoms with Gasteiger partial charge in [0.15, 0.2) is 0 Å². The SMILES string of the molecule is Cc1oc(-n2cccc2)c(C#N)c1C(=O)N[C@H](C)c1cccc(Cl)c1.